The predicted octanol–water partition coefficient (Wildman–Crippen LogP) is 3.55. The van der Waals surface area contributed by atoms with Crippen LogP contribution in [0.4, 0.5) is 16.3 Å². The van der Waals surface area contributed by atoms with Crippen LogP contribution >= 0.6 is 0 Å². The van der Waals surface area contributed by atoms with E-state index in [0.717, 1.165) is 16.8 Å². The van der Waals surface area contributed by atoms with Crippen molar-refractivity contribution in [2.45, 2.75) is 6.92 Å². The number of rotatable bonds is 4. The molecule has 0 saturated heterocycles. The molecule has 4 aromatic rings. The van der Waals surface area contributed by atoms with Crippen molar-refractivity contribution in [3.05, 3.63) is 72.4 Å². The van der Waals surface area contributed by atoms with Crippen molar-refractivity contribution < 1.29 is 14.3 Å². The first-order valence-corrected chi connectivity index (χ1v) is 9.44. The van der Waals surface area contributed by atoms with Gasteiger partial charge in [-0.3, -0.25) is 19.5 Å². The zero-order chi connectivity index (χ0) is 22.0. The average molecular weight is 416 g/mol. The number of aryl methyl sites for hydroxylation is 1. The molecule has 9 nitrogen and oxygen atoms in total. The van der Waals surface area contributed by atoms with Gasteiger partial charge in [0.05, 0.1) is 36.4 Å². The SMILES string of the molecule is COC(=O)Nc1ccc(-c2cnc3ccc(C(=O)N(C)c4cncc(C)c4)cn23)cn1. The number of nitrogens with zero attached hydrogens (tertiary/aromatic N) is 5. The molecule has 156 valence electrons. The Morgan fingerprint density at radius 2 is 1.90 bits per heavy atom. The molecular weight excluding hydrogens is 396 g/mol. The number of fused-ring (bicyclic) bond motifs is 1. The van der Waals surface area contributed by atoms with Gasteiger partial charge >= 0.3 is 6.09 Å². The second-order valence-electron chi connectivity index (χ2n) is 6.92. The van der Waals surface area contributed by atoms with Gasteiger partial charge in [-0.15, -0.1) is 0 Å². The summed E-state index contributed by atoms with van der Waals surface area (Å²) in [6, 6.07) is 8.91. The van der Waals surface area contributed by atoms with Crippen LogP contribution in [0.1, 0.15) is 15.9 Å². The van der Waals surface area contributed by atoms with E-state index in [2.05, 4.69) is 25.0 Å². The highest BCUT2D eigenvalue weighted by Gasteiger charge is 2.16. The molecule has 0 unspecified atom stereocenters. The van der Waals surface area contributed by atoms with E-state index in [4.69, 9.17) is 0 Å². The van der Waals surface area contributed by atoms with Gasteiger partial charge in [0.2, 0.25) is 0 Å². The second kappa shape index (κ2) is 8.23. The highest BCUT2D eigenvalue weighted by molar-refractivity contribution is 6.05. The fourth-order valence-corrected chi connectivity index (χ4v) is 3.13. The number of amides is 2. The molecule has 0 atom stereocenters. The van der Waals surface area contributed by atoms with Gasteiger partial charge in [-0.25, -0.2) is 14.8 Å². The molecule has 0 aliphatic rings. The lowest BCUT2D eigenvalue weighted by atomic mass is 10.2. The highest BCUT2D eigenvalue weighted by Crippen LogP contribution is 2.23. The van der Waals surface area contributed by atoms with Gasteiger partial charge in [0.15, 0.2) is 0 Å². The predicted molar refractivity (Wildman–Crippen MR) is 116 cm³/mol. The summed E-state index contributed by atoms with van der Waals surface area (Å²) >= 11 is 0. The van der Waals surface area contributed by atoms with E-state index in [-0.39, 0.29) is 5.91 Å². The maximum absolute atomic E-state index is 13.0. The minimum absolute atomic E-state index is 0.162. The average Bonchev–Trinajstić information content (AvgIpc) is 3.21. The van der Waals surface area contributed by atoms with Crippen molar-refractivity contribution >= 4 is 29.2 Å². The largest absolute Gasteiger partial charge is 0.453 e. The molecule has 0 bridgehead atoms. The molecule has 4 heterocycles. The van der Waals surface area contributed by atoms with Crippen molar-refractivity contribution in [1.29, 1.82) is 0 Å². The van der Waals surface area contributed by atoms with Crippen LogP contribution in [0, 0.1) is 6.92 Å². The minimum atomic E-state index is -0.592. The Hall–Kier alpha value is -4.27. The van der Waals surface area contributed by atoms with Gasteiger partial charge in [0.1, 0.15) is 11.5 Å². The third-order valence-corrected chi connectivity index (χ3v) is 4.78. The molecule has 0 aromatic carbocycles. The number of anilines is 2. The van der Waals surface area contributed by atoms with E-state index in [1.165, 1.54) is 7.11 Å². The third kappa shape index (κ3) is 4.06. The van der Waals surface area contributed by atoms with Crippen molar-refractivity contribution in [3.8, 4) is 11.3 Å². The summed E-state index contributed by atoms with van der Waals surface area (Å²) in [5, 5.41) is 2.51. The maximum atomic E-state index is 13.0. The summed E-state index contributed by atoms with van der Waals surface area (Å²) in [4.78, 5) is 38.7. The fourth-order valence-electron chi connectivity index (χ4n) is 3.13. The van der Waals surface area contributed by atoms with E-state index in [1.807, 2.05) is 17.4 Å². The first-order chi connectivity index (χ1) is 15.0. The van der Waals surface area contributed by atoms with Gasteiger partial charge in [-0.05, 0) is 42.8 Å². The van der Waals surface area contributed by atoms with Crippen LogP contribution in [0.5, 0.6) is 0 Å². The number of hydrogen-bond acceptors (Lipinski definition) is 6. The van der Waals surface area contributed by atoms with Crippen molar-refractivity contribution in [1.82, 2.24) is 19.4 Å². The van der Waals surface area contributed by atoms with E-state index >= 15 is 0 Å². The molecule has 0 radical (unpaired) electrons. The van der Waals surface area contributed by atoms with Gasteiger partial charge in [-0.2, -0.15) is 0 Å². The van der Waals surface area contributed by atoms with Crippen LogP contribution in [0.25, 0.3) is 16.9 Å². The number of nitrogens with one attached hydrogen (secondary N) is 1. The van der Waals surface area contributed by atoms with E-state index < -0.39 is 6.09 Å². The van der Waals surface area contributed by atoms with Crippen LogP contribution in [-0.2, 0) is 4.74 Å². The van der Waals surface area contributed by atoms with Crippen LogP contribution in [0.15, 0.2) is 61.3 Å². The number of imidazole rings is 1. The first-order valence-electron chi connectivity index (χ1n) is 9.44. The number of methoxy groups -OCH3 is 1. The zero-order valence-corrected chi connectivity index (χ0v) is 17.2. The normalized spacial score (nSPS) is 10.7. The molecule has 0 fully saturated rings. The molecule has 0 aliphatic heterocycles. The molecule has 2 amide bonds. The smallest absolute Gasteiger partial charge is 0.412 e. The Morgan fingerprint density at radius 3 is 2.61 bits per heavy atom. The zero-order valence-electron chi connectivity index (χ0n) is 17.2. The van der Waals surface area contributed by atoms with Gasteiger partial charge in [0, 0.05) is 31.2 Å². The third-order valence-electron chi connectivity index (χ3n) is 4.78. The molecule has 4 rings (SSSR count). The molecule has 0 aliphatic carbocycles. The van der Waals surface area contributed by atoms with E-state index in [9.17, 15) is 9.59 Å². The number of ether oxygens (including phenoxy) is 1. The van der Waals surface area contributed by atoms with Crippen LogP contribution < -0.4 is 10.2 Å². The first kappa shape index (κ1) is 20.0. The lowest BCUT2D eigenvalue weighted by molar-refractivity contribution is 0.0992. The fraction of sp³-hybridized carbons (Fsp3) is 0.136. The number of pyridine rings is 3. The van der Waals surface area contributed by atoms with E-state index in [0.29, 0.717) is 22.7 Å². The molecular formula is C22H20N6O3. The Labute approximate surface area is 178 Å². The summed E-state index contributed by atoms with van der Waals surface area (Å²) in [6.45, 7) is 1.93. The summed E-state index contributed by atoms with van der Waals surface area (Å²) in [5.74, 6) is 0.207. The van der Waals surface area contributed by atoms with Crippen LogP contribution in [-0.4, -0.2) is 45.5 Å². The standard InChI is InChI=1S/C22H20N6O3/c1-14-8-17(11-23-9-14)27(2)21(29)16-5-7-20-25-12-18(28(20)13-16)15-4-6-19(24-10-15)26-22(30)31-3/h4-13H,1-3H3,(H,24,26,30). The van der Waals surface area contributed by atoms with Crippen LogP contribution in [0.2, 0.25) is 0 Å². The Kier molecular flexibility index (Phi) is 5.31. The quantitative estimate of drug-likeness (QED) is 0.546. The Balaban J connectivity index is 1.65. The van der Waals surface area contributed by atoms with Crippen molar-refractivity contribution in [2.75, 3.05) is 24.4 Å². The number of carbonyl (C=O) groups excluding carboxylic acids is 2. The molecule has 31 heavy (non-hydrogen) atoms. The van der Waals surface area contributed by atoms with Gasteiger partial charge in [0.25, 0.3) is 5.91 Å². The lowest BCUT2D eigenvalue weighted by Gasteiger charge is -2.17. The summed E-state index contributed by atoms with van der Waals surface area (Å²) < 4.78 is 6.40. The monoisotopic (exact) mass is 416 g/mol. The molecule has 0 saturated carbocycles. The highest BCUT2D eigenvalue weighted by atomic mass is 16.5. The number of carbonyl (C=O) groups is 2. The van der Waals surface area contributed by atoms with E-state index in [1.54, 1.807) is 67.2 Å². The molecule has 1 N–H and O–H groups in total. The second-order valence-corrected chi connectivity index (χ2v) is 6.92. The molecule has 4 aromatic heterocycles. The molecule has 0 spiro atoms. The summed E-state index contributed by atoms with van der Waals surface area (Å²) in [7, 11) is 3.00. The number of aromatic nitrogens is 4. The topological polar surface area (TPSA) is 102 Å². The van der Waals surface area contributed by atoms with Crippen LogP contribution in [0.3, 0.4) is 0 Å². The summed E-state index contributed by atoms with van der Waals surface area (Å²) in [6.07, 6.45) is 7.88. The summed E-state index contributed by atoms with van der Waals surface area (Å²) in [5.41, 5.74) is 4.44. The number of hydrogen-bond donors (Lipinski definition) is 1. The van der Waals surface area contributed by atoms with Gasteiger partial charge < -0.3 is 9.64 Å². The minimum Gasteiger partial charge on any atom is -0.453 e. The van der Waals surface area contributed by atoms with Crippen molar-refractivity contribution in [2.24, 2.45) is 0 Å². The Morgan fingerprint density at radius 1 is 1.06 bits per heavy atom. The van der Waals surface area contributed by atoms with Gasteiger partial charge in [-0.1, -0.05) is 0 Å². The maximum Gasteiger partial charge on any atom is 0.412 e. The lowest BCUT2D eigenvalue weighted by Crippen LogP contribution is -2.26. The molecule has 9 heteroatoms. The van der Waals surface area contributed by atoms with Crippen molar-refractivity contribution in [3.63, 3.8) is 0 Å². The Bertz CT molecular complexity index is 1270.